The highest BCUT2D eigenvalue weighted by Gasteiger charge is 2.43. The monoisotopic (exact) mass is 547 g/mol. The number of ether oxygens (including phenoxy) is 1. The number of benzene rings is 1. The molecule has 0 bridgehead atoms. The summed E-state index contributed by atoms with van der Waals surface area (Å²) < 4.78 is 47.4. The second kappa shape index (κ2) is 9.69. The fourth-order valence-electron chi connectivity index (χ4n) is 4.28. The van der Waals surface area contributed by atoms with E-state index in [1.54, 1.807) is 28.6 Å². The molecule has 5 rings (SSSR count). The quantitative estimate of drug-likeness (QED) is 0.471. The van der Waals surface area contributed by atoms with Crippen molar-refractivity contribution in [3.8, 4) is 0 Å². The molecular weight excluding hydrogens is 529 g/mol. The minimum atomic E-state index is -3.92. The predicted molar refractivity (Wildman–Crippen MR) is 132 cm³/mol. The fourth-order valence-corrected chi connectivity index (χ4v) is 6.37. The Morgan fingerprint density at radius 2 is 2.08 bits per heavy atom. The van der Waals surface area contributed by atoms with Crippen molar-refractivity contribution in [1.29, 1.82) is 0 Å². The minimum Gasteiger partial charge on any atom is -0.466 e. The molecule has 4 heterocycles. The van der Waals surface area contributed by atoms with Crippen LogP contribution in [0.5, 0.6) is 0 Å². The van der Waals surface area contributed by atoms with Crippen molar-refractivity contribution in [1.82, 2.24) is 19.6 Å². The van der Waals surface area contributed by atoms with Crippen LogP contribution in [0.2, 0.25) is 5.02 Å². The SMILES string of the molecule is COC(=O)C1=C2C[C@H](NS(=O)(=O)c3ccccn3)CN2C(c2nccs2)=N[C@H]1c1ccc(F)cc1Cl. The summed E-state index contributed by atoms with van der Waals surface area (Å²) in [6.07, 6.45) is 3.20. The van der Waals surface area contributed by atoms with Crippen molar-refractivity contribution in [3.05, 3.63) is 86.9 Å². The molecule has 0 aliphatic carbocycles. The molecule has 36 heavy (non-hydrogen) atoms. The Morgan fingerprint density at radius 3 is 2.75 bits per heavy atom. The van der Waals surface area contributed by atoms with Crippen LogP contribution in [-0.2, 0) is 19.6 Å². The third-order valence-electron chi connectivity index (χ3n) is 5.78. The third kappa shape index (κ3) is 4.52. The molecule has 13 heteroatoms. The van der Waals surface area contributed by atoms with Crippen molar-refractivity contribution in [2.24, 2.45) is 4.99 Å². The zero-order valence-corrected chi connectivity index (χ0v) is 21.1. The van der Waals surface area contributed by atoms with E-state index in [2.05, 4.69) is 14.7 Å². The molecule has 3 aromatic rings. The van der Waals surface area contributed by atoms with E-state index < -0.39 is 33.9 Å². The van der Waals surface area contributed by atoms with Gasteiger partial charge < -0.3 is 9.64 Å². The summed E-state index contributed by atoms with van der Waals surface area (Å²) in [4.78, 5) is 27.9. The van der Waals surface area contributed by atoms with Gasteiger partial charge in [0.15, 0.2) is 15.9 Å². The molecule has 2 aromatic heterocycles. The summed E-state index contributed by atoms with van der Waals surface area (Å²) in [5.74, 6) is -0.712. The number of hydrogen-bond donors (Lipinski definition) is 1. The zero-order chi connectivity index (χ0) is 25.4. The normalized spacial score (nSPS) is 19.8. The highest BCUT2D eigenvalue weighted by Crippen LogP contribution is 2.42. The summed E-state index contributed by atoms with van der Waals surface area (Å²) in [6, 6.07) is 6.98. The van der Waals surface area contributed by atoms with E-state index in [0.29, 0.717) is 22.1 Å². The second-order valence-corrected chi connectivity index (χ2v) is 11.0. The van der Waals surface area contributed by atoms with Gasteiger partial charge in [-0.15, -0.1) is 11.3 Å². The maximum absolute atomic E-state index is 13.8. The largest absolute Gasteiger partial charge is 0.466 e. The number of aromatic nitrogens is 2. The molecule has 9 nitrogen and oxygen atoms in total. The molecule has 186 valence electrons. The Kier molecular flexibility index (Phi) is 6.60. The average Bonchev–Trinajstić information content (AvgIpc) is 3.53. The van der Waals surface area contributed by atoms with Gasteiger partial charge in [0.1, 0.15) is 11.9 Å². The first-order valence-corrected chi connectivity index (χ1v) is 13.5. The van der Waals surface area contributed by atoms with Gasteiger partial charge in [0.05, 0.1) is 12.7 Å². The van der Waals surface area contributed by atoms with E-state index in [1.807, 2.05) is 0 Å². The van der Waals surface area contributed by atoms with Crippen LogP contribution in [-0.4, -0.2) is 54.8 Å². The van der Waals surface area contributed by atoms with Crippen LogP contribution in [0.4, 0.5) is 4.39 Å². The van der Waals surface area contributed by atoms with Crippen molar-refractivity contribution in [3.63, 3.8) is 0 Å². The van der Waals surface area contributed by atoms with Gasteiger partial charge in [0, 0.05) is 53.1 Å². The second-order valence-electron chi connectivity index (χ2n) is 8.01. The number of aliphatic imine (C=N–C) groups is 1. The molecule has 1 aromatic carbocycles. The Hall–Kier alpha value is -3.19. The van der Waals surface area contributed by atoms with E-state index >= 15 is 0 Å². The smallest absolute Gasteiger partial charge is 0.338 e. The van der Waals surface area contributed by atoms with Crippen molar-refractivity contribution in [2.45, 2.75) is 23.5 Å². The lowest BCUT2D eigenvalue weighted by atomic mass is 9.94. The van der Waals surface area contributed by atoms with Gasteiger partial charge in [-0.05, 0) is 24.3 Å². The molecule has 0 spiro atoms. The first-order valence-electron chi connectivity index (χ1n) is 10.7. The van der Waals surface area contributed by atoms with Crippen LogP contribution in [0.1, 0.15) is 23.0 Å². The van der Waals surface area contributed by atoms with Gasteiger partial charge in [-0.2, -0.15) is 0 Å². The van der Waals surface area contributed by atoms with Crippen molar-refractivity contribution >= 4 is 44.8 Å². The standard InChI is InChI=1S/C23H19ClFN5O4S2/c1-34-23(31)19-17-11-14(29-36(32,33)18-4-2-3-7-26-18)12-30(17)21(22-27-8-9-35-22)28-20(19)15-6-5-13(25)10-16(15)24/h2-10,14,20,29H,11-12H2,1H3/t14-,20-/m0/s1. The summed E-state index contributed by atoms with van der Waals surface area (Å²) in [5.41, 5.74) is 1.14. The Balaban J connectivity index is 1.60. The van der Waals surface area contributed by atoms with E-state index in [4.69, 9.17) is 21.3 Å². The lowest BCUT2D eigenvalue weighted by Gasteiger charge is -2.31. The van der Waals surface area contributed by atoms with E-state index in [-0.39, 0.29) is 28.6 Å². The first kappa shape index (κ1) is 24.5. The number of fused-ring (bicyclic) bond motifs is 1. The molecule has 1 N–H and O–H groups in total. The molecule has 1 saturated heterocycles. The molecule has 1 fully saturated rings. The fraction of sp³-hybridized carbons (Fsp3) is 0.217. The van der Waals surface area contributed by atoms with Gasteiger partial charge in [-0.3, -0.25) is 4.99 Å². The summed E-state index contributed by atoms with van der Waals surface area (Å²) in [5, 5.41) is 2.35. The van der Waals surface area contributed by atoms with Gasteiger partial charge >= 0.3 is 5.97 Å². The number of methoxy groups -OCH3 is 1. The number of carbonyl (C=O) groups is 1. The molecule has 2 aliphatic rings. The molecule has 2 aliphatic heterocycles. The van der Waals surface area contributed by atoms with Crippen LogP contribution in [0.15, 0.2) is 75.5 Å². The number of hydrogen-bond acceptors (Lipinski definition) is 9. The number of thiazole rings is 1. The highest BCUT2D eigenvalue weighted by molar-refractivity contribution is 7.89. The average molecular weight is 548 g/mol. The predicted octanol–water partition coefficient (Wildman–Crippen LogP) is 3.31. The number of carbonyl (C=O) groups excluding carboxylic acids is 1. The van der Waals surface area contributed by atoms with Crippen LogP contribution in [0, 0.1) is 5.82 Å². The summed E-state index contributed by atoms with van der Waals surface area (Å²) >= 11 is 7.71. The molecule has 0 saturated carbocycles. The van der Waals surface area contributed by atoms with Crippen LogP contribution < -0.4 is 4.72 Å². The molecular formula is C23H19ClFN5O4S2. The lowest BCUT2D eigenvalue weighted by molar-refractivity contribution is -0.136. The van der Waals surface area contributed by atoms with Crippen LogP contribution in [0.3, 0.4) is 0 Å². The lowest BCUT2D eigenvalue weighted by Crippen LogP contribution is -2.40. The number of halogens is 2. The van der Waals surface area contributed by atoms with Crippen LogP contribution >= 0.6 is 22.9 Å². The van der Waals surface area contributed by atoms with Gasteiger partial charge in [-0.1, -0.05) is 23.7 Å². The van der Waals surface area contributed by atoms with Crippen molar-refractivity contribution in [2.75, 3.05) is 13.7 Å². The molecule has 2 atom stereocenters. The number of esters is 1. The van der Waals surface area contributed by atoms with Crippen LogP contribution in [0.25, 0.3) is 0 Å². The van der Waals surface area contributed by atoms with E-state index in [0.717, 1.165) is 6.07 Å². The molecule has 0 radical (unpaired) electrons. The van der Waals surface area contributed by atoms with Crippen molar-refractivity contribution < 1.29 is 22.3 Å². The van der Waals surface area contributed by atoms with Gasteiger partial charge in [0.25, 0.3) is 10.0 Å². The third-order valence-corrected chi connectivity index (χ3v) is 8.31. The van der Waals surface area contributed by atoms with E-state index in [9.17, 15) is 17.6 Å². The number of amidine groups is 1. The number of nitrogens with one attached hydrogen (secondary N) is 1. The molecule has 0 amide bonds. The highest BCUT2D eigenvalue weighted by atomic mass is 35.5. The Labute approximate surface area is 215 Å². The number of nitrogens with zero attached hydrogens (tertiary/aromatic N) is 4. The topological polar surface area (TPSA) is 114 Å². The first-order chi connectivity index (χ1) is 17.3. The zero-order valence-electron chi connectivity index (χ0n) is 18.8. The van der Waals surface area contributed by atoms with E-state index in [1.165, 1.54) is 42.8 Å². The summed E-state index contributed by atoms with van der Waals surface area (Å²) in [7, 11) is -2.67. The minimum absolute atomic E-state index is 0.100. The number of pyridine rings is 1. The Bertz CT molecular complexity index is 1480. The number of sulfonamides is 1. The molecule has 0 unspecified atom stereocenters. The maximum atomic E-state index is 13.8. The van der Waals surface area contributed by atoms with Gasteiger partial charge in [-0.25, -0.2) is 32.3 Å². The number of rotatable bonds is 6. The maximum Gasteiger partial charge on any atom is 0.338 e. The summed E-state index contributed by atoms with van der Waals surface area (Å²) in [6.45, 7) is 0.199. The van der Waals surface area contributed by atoms with Gasteiger partial charge in [0.2, 0.25) is 0 Å². The Morgan fingerprint density at radius 1 is 1.25 bits per heavy atom.